The number of aliphatic hydroxyl groups is 3. The van der Waals surface area contributed by atoms with Crippen molar-refractivity contribution in [1.82, 2.24) is 5.10 Å². The fourth-order valence-corrected chi connectivity index (χ4v) is 8.54. The molecule has 1 aromatic rings. The molecule has 1 aromatic heterocycles. The molecule has 4 N–H and O–H groups in total. The number of halogens is 1. The maximum atomic E-state index is 17.5. The van der Waals surface area contributed by atoms with E-state index in [1.165, 1.54) is 6.92 Å². The zero-order valence-electron chi connectivity index (χ0n) is 20.4. The van der Waals surface area contributed by atoms with Crippen LogP contribution in [0.3, 0.4) is 0 Å². The first kappa shape index (κ1) is 23.8. The molecule has 8 atom stereocenters. The average Bonchev–Trinajstić information content (AvgIpc) is 3.22. The van der Waals surface area contributed by atoms with Gasteiger partial charge in [-0.05, 0) is 50.0 Å². The van der Waals surface area contributed by atoms with Crippen molar-refractivity contribution < 1.29 is 34.0 Å². The highest BCUT2D eigenvalue weighted by atomic mass is 19.1. The van der Waals surface area contributed by atoms with E-state index in [9.17, 15) is 24.9 Å². The summed E-state index contributed by atoms with van der Waals surface area (Å²) in [5, 5.41) is 35.9. The van der Waals surface area contributed by atoms with Gasteiger partial charge in [0.25, 0.3) is 0 Å². The van der Waals surface area contributed by atoms with E-state index in [-0.39, 0.29) is 24.7 Å². The van der Waals surface area contributed by atoms with Crippen molar-refractivity contribution >= 4 is 17.6 Å². The molecule has 0 saturated heterocycles. The molecule has 0 aliphatic heterocycles. The number of aliphatic hydroxyl groups excluding tert-OH is 2. The largest absolute Gasteiger partial charge is 0.390 e. The van der Waals surface area contributed by atoms with E-state index >= 15 is 4.39 Å². The van der Waals surface area contributed by atoms with Crippen LogP contribution in [0.2, 0.25) is 0 Å². The summed E-state index contributed by atoms with van der Waals surface area (Å²) in [5.74, 6) is -1.86. The summed E-state index contributed by atoms with van der Waals surface area (Å²) in [6.07, 6.45) is 4.51. The van der Waals surface area contributed by atoms with Gasteiger partial charge in [-0.3, -0.25) is 9.59 Å². The van der Waals surface area contributed by atoms with E-state index in [0.29, 0.717) is 25.7 Å². The zero-order chi connectivity index (χ0) is 24.8. The maximum Gasteiger partial charge on any atom is 0.229 e. The Kier molecular flexibility index (Phi) is 5.12. The van der Waals surface area contributed by atoms with Crippen LogP contribution in [0.1, 0.15) is 64.6 Å². The van der Waals surface area contributed by atoms with Gasteiger partial charge in [0, 0.05) is 29.2 Å². The van der Waals surface area contributed by atoms with E-state index < -0.39 is 52.4 Å². The molecule has 4 aliphatic carbocycles. The second-order valence-corrected chi connectivity index (χ2v) is 11.8. The first-order chi connectivity index (χ1) is 15.8. The molecule has 4 aliphatic rings. The topological polar surface area (TPSA) is 114 Å². The number of carbonyl (C=O) groups is 2. The van der Waals surface area contributed by atoms with E-state index in [1.54, 1.807) is 18.5 Å². The van der Waals surface area contributed by atoms with Crippen LogP contribution in [0.4, 0.5) is 4.39 Å². The van der Waals surface area contributed by atoms with E-state index in [4.69, 9.17) is 0 Å². The van der Waals surface area contributed by atoms with Crippen LogP contribution in [0.25, 0.3) is 6.08 Å². The Balaban J connectivity index is 1.57. The lowest BCUT2D eigenvalue weighted by atomic mass is 9.43. The molecule has 5 rings (SSSR count). The Morgan fingerprint density at radius 1 is 1.29 bits per heavy atom. The molecule has 0 spiro atoms. The summed E-state index contributed by atoms with van der Waals surface area (Å²) in [6, 6.07) is 0. The SMILES string of the molecule is CC(=O)C[n+]1cc2c([nH]1)C=C1CC[C@H]3[C@@H]4C[C@@H](C)[C@](O)(C(=O)CO)[C@@]4(C)C[C@H](O)[C@]3(F)[C@@]1(C)C2. The predicted octanol–water partition coefficient (Wildman–Crippen LogP) is 1.67. The van der Waals surface area contributed by atoms with E-state index in [1.807, 2.05) is 19.2 Å². The van der Waals surface area contributed by atoms with Crippen LogP contribution in [-0.4, -0.2) is 56.0 Å². The molecule has 0 radical (unpaired) electrons. The van der Waals surface area contributed by atoms with Crippen LogP contribution >= 0.6 is 0 Å². The van der Waals surface area contributed by atoms with Gasteiger partial charge in [-0.2, -0.15) is 5.10 Å². The van der Waals surface area contributed by atoms with Gasteiger partial charge in [0.15, 0.2) is 17.8 Å². The summed E-state index contributed by atoms with van der Waals surface area (Å²) in [5.41, 5.74) is -2.92. The van der Waals surface area contributed by atoms with Gasteiger partial charge in [0.1, 0.15) is 23.6 Å². The second-order valence-electron chi connectivity index (χ2n) is 11.8. The van der Waals surface area contributed by atoms with Crippen molar-refractivity contribution in [2.24, 2.45) is 28.6 Å². The van der Waals surface area contributed by atoms with Crippen molar-refractivity contribution in [3.05, 3.63) is 23.0 Å². The lowest BCUT2D eigenvalue weighted by Gasteiger charge is -2.63. The lowest BCUT2D eigenvalue weighted by molar-refractivity contribution is -0.738. The van der Waals surface area contributed by atoms with Gasteiger partial charge >= 0.3 is 0 Å². The van der Waals surface area contributed by atoms with Crippen LogP contribution in [0, 0.1) is 28.6 Å². The van der Waals surface area contributed by atoms with E-state index in [2.05, 4.69) is 5.10 Å². The number of nitrogens with zero attached hydrogens (tertiary/aromatic N) is 1. The third-order valence-electron chi connectivity index (χ3n) is 10.2. The Morgan fingerprint density at radius 3 is 2.65 bits per heavy atom. The van der Waals surface area contributed by atoms with Crippen molar-refractivity contribution in [3.8, 4) is 0 Å². The average molecular weight is 476 g/mol. The van der Waals surface area contributed by atoms with Gasteiger partial charge in [-0.15, -0.1) is 4.68 Å². The third kappa shape index (κ3) is 2.70. The van der Waals surface area contributed by atoms with Gasteiger partial charge in [0.2, 0.25) is 6.54 Å². The number of fused-ring (bicyclic) bond motifs is 6. The molecule has 3 fully saturated rings. The first-order valence-corrected chi connectivity index (χ1v) is 12.4. The number of allylic oxidation sites excluding steroid dienone is 1. The molecule has 0 bridgehead atoms. The number of Topliss-reactive ketones (excluding diaryl/α,β-unsaturated/α-hetero) is 2. The van der Waals surface area contributed by atoms with Crippen molar-refractivity contribution in [1.29, 1.82) is 0 Å². The Morgan fingerprint density at radius 2 is 2.00 bits per heavy atom. The quantitative estimate of drug-likeness (QED) is 0.495. The molecule has 7 nitrogen and oxygen atoms in total. The molecule has 0 unspecified atom stereocenters. The molecule has 186 valence electrons. The number of nitrogens with one attached hydrogen (secondary N) is 1. The number of rotatable bonds is 4. The Labute approximate surface area is 199 Å². The van der Waals surface area contributed by atoms with Crippen molar-refractivity contribution in [2.75, 3.05) is 6.61 Å². The minimum Gasteiger partial charge on any atom is -0.390 e. The third-order valence-corrected chi connectivity index (χ3v) is 10.2. The van der Waals surface area contributed by atoms with Crippen molar-refractivity contribution in [3.63, 3.8) is 0 Å². The zero-order valence-corrected chi connectivity index (χ0v) is 20.4. The van der Waals surface area contributed by atoms with Crippen LogP contribution < -0.4 is 4.68 Å². The molecule has 0 amide bonds. The summed E-state index contributed by atoms with van der Waals surface area (Å²) < 4.78 is 19.3. The van der Waals surface area contributed by atoms with Crippen LogP contribution in [0.5, 0.6) is 0 Å². The standard InChI is InChI=1S/C26H35FN2O5/c1-14-7-19-18-6-5-17-8-20-16(12-29(28-20)11-15(2)31)9-23(17,3)25(18,27)21(32)10-24(19,4)26(14,34)22(33)13-30/h8,12,14,18-19,21,30,32,34H,5-7,9-11,13H2,1-4H3/p+1/t14-,18+,19+,21+,23+,24+,25+,26+/m1/s1. The molecule has 1 heterocycles. The summed E-state index contributed by atoms with van der Waals surface area (Å²) in [6.45, 7) is 6.45. The second kappa shape index (κ2) is 7.31. The molecule has 8 heteroatoms. The number of alkyl halides is 1. The molecular weight excluding hydrogens is 439 g/mol. The maximum absolute atomic E-state index is 17.5. The predicted molar refractivity (Wildman–Crippen MR) is 121 cm³/mol. The normalized spacial score (nSPS) is 45.0. The van der Waals surface area contributed by atoms with E-state index in [0.717, 1.165) is 16.8 Å². The smallest absolute Gasteiger partial charge is 0.229 e. The fourth-order valence-electron chi connectivity index (χ4n) is 8.54. The number of ketones is 2. The highest BCUT2D eigenvalue weighted by Gasteiger charge is 2.75. The molecule has 0 aromatic carbocycles. The lowest BCUT2D eigenvalue weighted by Crippen LogP contribution is -2.70. The number of aromatic nitrogens is 2. The van der Waals surface area contributed by atoms with Gasteiger partial charge in [-0.1, -0.05) is 26.3 Å². The Bertz CT molecular complexity index is 1100. The molecular formula is C26H36FN2O5+. The number of hydrogen-bond acceptors (Lipinski definition) is 5. The summed E-state index contributed by atoms with van der Waals surface area (Å²) in [4.78, 5) is 24.3. The Hall–Kier alpha value is -1.90. The van der Waals surface area contributed by atoms with Gasteiger partial charge in [-0.25, -0.2) is 4.39 Å². The molecule has 3 saturated carbocycles. The van der Waals surface area contributed by atoms with Crippen LogP contribution in [-0.2, 0) is 22.6 Å². The first-order valence-electron chi connectivity index (χ1n) is 12.4. The van der Waals surface area contributed by atoms with Gasteiger partial charge < -0.3 is 15.3 Å². The number of aromatic amines is 1. The summed E-state index contributed by atoms with van der Waals surface area (Å²) >= 11 is 0. The van der Waals surface area contributed by atoms with Crippen molar-refractivity contribution in [2.45, 2.75) is 83.7 Å². The number of hydrogen-bond donors (Lipinski definition) is 4. The number of H-pyrrole nitrogens is 1. The molecule has 34 heavy (non-hydrogen) atoms. The minimum atomic E-state index is -1.92. The highest BCUT2D eigenvalue weighted by molar-refractivity contribution is 5.90. The minimum absolute atomic E-state index is 0.0177. The fraction of sp³-hybridized carbons (Fsp3) is 0.731. The van der Waals surface area contributed by atoms with Gasteiger partial charge in [0.05, 0.1) is 6.10 Å². The summed E-state index contributed by atoms with van der Waals surface area (Å²) in [7, 11) is 0. The monoisotopic (exact) mass is 475 g/mol. The van der Waals surface area contributed by atoms with Crippen LogP contribution in [0.15, 0.2) is 11.8 Å². The number of carbonyl (C=O) groups excluding carboxylic acids is 2. The highest BCUT2D eigenvalue weighted by Crippen LogP contribution is 2.71.